The molecule has 3 aromatic rings. The van der Waals surface area contributed by atoms with Crippen molar-refractivity contribution in [1.82, 2.24) is 4.98 Å². The van der Waals surface area contributed by atoms with E-state index in [1.165, 1.54) is 32.8 Å². The number of thiophene rings is 1. The first kappa shape index (κ1) is 11.8. The van der Waals surface area contributed by atoms with E-state index < -0.39 is 0 Å². The number of aromatic nitrogens is 1. The molecule has 0 bridgehead atoms. The second-order valence-corrected chi connectivity index (χ2v) is 6.00. The summed E-state index contributed by atoms with van der Waals surface area (Å²) in [4.78, 5) is 4.82. The minimum absolute atomic E-state index is 0.942. The van der Waals surface area contributed by atoms with Crippen LogP contribution in [0.5, 0.6) is 5.75 Å². The van der Waals surface area contributed by atoms with Gasteiger partial charge in [0.05, 0.1) is 7.11 Å². The molecule has 0 radical (unpaired) electrons. The zero-order valence-electron chi connectivity index (χ0n) is 11.3. The van der Waals surface area contributed by atoms with Crippen LogP contribution in [0, 0.1) is 0 Å². The Morgan fingerprint density at radius 2 is 2.10 bits per heavy atom. The quantitative estimate of drug-likeness (QED) is 0.734. The van der Waals surface area contributed by atoms with Crippen LogP contribution in [0.4, 0.5) is 0 Å². The molecule has 2 nitrogen and oxygen atoms in total. The molecule has 20 heavy (non-hydrogen) atoms. The third-order valence-corrected chi connectivity index (χ3v) is 4.90. The Bertz CT molecular complexity index is 755. The van der Waals surface area contributed by atoms with Crippen molar-refractivity contribution in [3.8, 4) is 27.4 Å². The Labute approximate surface area is 122 Å². The van der Waals surface area contributed by atoms with Crippen molar-refractivity contribution in [2.24, 2.45) is 0 Å². The summed E-state index contributed by atoms with van der Waals surface area (Å²) in [6, 6.07) is 10.7. The number of methoxy groups -OCH3 is 1. The molecule has 1 aromatic carbocycles. The van der Waals surface area contributed by atoms with Gasteiger partial charge in [-0.25, -0.2) is 0 Å². The van der Waals surface area contributed by atoms with E-state index in [9.17, 15) is 0 Å². The van der Waals surface area contributed by atoms with Crippen LogP contribution in [0.2, 0.25) is 0 Å². The van der Waals surface area contributed by atoms with Crippen LogP contribution in [-0.2, 0) is 12.8 Å². The second-order valence-electron chi connectivity index (χ2n) is 5.06. The van der Waals surface area contributed by atoms with Gasteiger partial charge >= 0.3 is 0 Å². The smallest absolute Gasteiger partial charge is 0.119 e. The van der Waals surface area contributed by atoms with Crippen molar-refractivity contribution >= 4 is 11.3 Å². The van der Waals surface area contributed by atoms with Gasteiger partial charge in [-0.1, -0.05) is 6.07 Å². The Morgan fingerprint density at radius 1 is 1.15 bits per heavy atom. The Kier molecular flexibility index (Phi) is 2.67. The Hall–Kier alpha value is -2.00. The SMILES string of the molecule is COc1ccc2c(c1)CCc1c(-c3cccs3)c[nH]c1-2. The largest absolute Gasteiger partial charge is 0.497 e. The standard InChI is InChI=1S/C17H15NOS/c1-19-12-5-7-13-11(9-12)4-6-14-15(10-18-17(13)14)16-3-2-8-20-16/h2-3,5,7-10,18H,4,6H2,1H3. The molecular weight excluding hydrogens is 266 g/mol. The van der Waals surface area contributed by atoms with Gasteiger partial charge in [-0.15, -0.1) is 11.3 Å². The lowest BCUT2D eigenvalue weighted by atomic mass is 9.88. The van der Waals surface area contributed by atoms with Gasteiger partial charge < -0.3 is 9.72 Å². The van der Waals surface area contributed by atoms with Crippen LogP contribution in [0.25, 0.3) is 21.7 Å². The van der Waals surface area contributed by atoms with E-state index in [4.69, 9.17) is 4.74 Å². The molecule has 0 atom stereocenters. The van der Waals surface area contributed by atoms with Crippen molar-refractivity contribution in [2.75, 3.05) is 7.11 Å². The summed E-state index contributed by atoms with van der Waals surface area (Å²) in [6.07, 6.45) is 4.32. The first-order chi connectivity index (χ1) is 9.86. The number of fused-ring (bicyclic) bond motifs is 3. The van der Waals surface area contributed by atoms with Gasteiger partial charge in [0, 0.05) is 27.9 Å². The lowest BCUT2D eigenvalue weighted by Crippen LogP contribution is -2.03. The molecule has 2 aromatic heterocycles. The van der Waals surface area contributed by atoms with E-state index in [0.717, 1.165) is 18.6 Å². The van der Waals surface area contributed by atoms with Gasteiger partial charge in [-0.2, -0.15) is 0 Å². The lowest BCUT2D eigenvalue weighted by molar-refractivity contribution is 0.414. The molecule has 3 heteroatoms. The zero-order valence-corrected chi connectivity index (χ0v) is 12.1. The van der Waals surface area contributed by atoms with Crippen LogP contribution in [0.3, 0.4) is 0 Å². The molecular formula is C17H15NOS. The molecule has 1 N–H and O–H groups in total. The molecule has 1 aliphatic rings. The molecule has 1 aliphatic carbocycles. The molecule has 0 saturated heterocycles. The Balaban J connectivity index is 1.86. The highest BCUT2D eigenvalue weighted by atomic mass is 32.1. The third-order valence-electron chi connectivity index (χ3n) is 4.00. The summed E-state index contributed by atoms with van der Waals surface area (Å²) >= 11 is 1.80. The number of H-pyrrole nitrogens is 1. The highest BCUT2D eigenvalue weighted by Gasteiger charge is 2.21. The maximum atomic E-state index is 5.32. The van der Waals surface area contributed by atoms with E-state index in [1.54, 1.807) is 18.4 Å². The second kappa shape index (κ2) is 4.53. The number of ether oxygens (including phenoxy) is 1. The van der Waals surface area contributed by atoms with Gasteiger partial charge in [-0.3, -0.25) is 0 Å². The summed E-state index contributed by atoms with van der Waals surface area (Å²) in [7, 11) is 1.72. The summed E-state index contributed by atoms with van der Waals surface area (Å²) in [5.74, 6) is 0.942. The zero-order chi connectivity index (χ0) is 13.5. The number of aryl methyl sites for hydroxylation is 1. The fourth-order valence-electron chi connectivity index (χ4n) is 3.01. The fraction of sp³-hybridized carbons (Fsp3) is 0.176. The molecule has 100 valence electrons. The summed E-state index contributed by atoms with van der Waals surface area (Å²) in [5.41, 5.74) is 6.77. The lowest BCUT2D eigenvalue weighted by Gasteiger charge is -2.18. The van der Waals surface area contributed by atoms with Crippen LogP contribution in [0.15, 0.2) is 41.9 Å². The van der Waals surface area contributed by atoms with Crippen molar-refractivity contribution in [1.29, 1.82) is 0 Å². The van der Waals surface area contributed by atoms with E-state index in [2.05, 4.69) is 40.8 Å². The molecule has 0 amide bonds. The highest BCUT2D eigenvalue weighted by Crippen LogP contribution is 2.40. The average Bonchev–Trinajstić information content (AvgIpc) is 3.15. The maximum Gasteiger partial charge on any atom is 0.119 e. The van der Waals surface area contributed by atoms with Crippen LogP contribution in [0.1, 0.15) is 11.1 Å². The molecule has 0 saturated carbocycles. The number of hydrogen-bond donors (Lipinski definition) is 1. The molecule has 0 spiro atoms. The van der Waals surface area contributed by atoms with Crippen molar-refractivity contribution in [3.63, 3.8) is 0 Å². The Morgan fingerprint density at radius 3 is 2.90 bits per heavy atom. The normalized spacial score (nSPS) is 12.8. The van der Waals surface area contributed by atoms with Crippen molar-refractivity contribution in [2.45, 2.75) is 12.8 Å². The minimum atomic E-state index is 0.942. The first-order valence-electron chi connectivity index (χ1n) is 6.78. The van der Waals surface area contributed by atoms with Gasteiger partial charge in [0.1, 0.15) is 5.75 Å². The highest BCUT2D eigenvalue weighted by molar-refractivity contribution is 7.13. The van der Waals surface area contributed by atoms with Gasteiger partial charge in [0.15, 0.2) is 0 Å². The number of hydrogen-bond acceptors (Lipinski definition) is 2. The number of aromatic amines is 1. The maximum absolute atomic E-state index is 5.32. The number of rotatable bonds is 2. The van der Waals surface area contributed by atoms with E-state index in [-0.39, 0.29) is 0 Å². The van der Waals surface area contributed by atoms with Gasteiger partial charge in [0.2, 0.25) is 0 Å². The summed E-state index contributed by atoms with van der Waals surface area (Å²) < 4.78 is 5.32. The molecule has 0 aliphatic heterocycles. The summed E-state index contributed by atoms with van der Waals surface area (Å²) in [6.45, 7) is 0. The molecule has 0 fully saturated rings. The first-order valence-corrected chi connectivity index (χ1v) is 7.66. The fourth-order valence-corrected chi connectivity index (χ4v) is 3.78. The van der Waals surface area contributed by atoms with Gasteiger partial charge in [0.25, 0.3) is 0 Å². The van der Waals surface area contributed by atoms with E-state index >= 15 is 0 Å². The van der Waals surface area contributed by atoms with Crippen molar-refractivity contribution in [3.05, 3.63) is 53.0 Å². The monoisotopic (exact) mass is 281 g/mol. The van der Waals surface area contributed by atoms with Crippen molar-refractivity contribution < 1.29 is 4.74 Å². The van der Waals surface area contributed by atoms with E-state index in [1.807, 2.05) is 6.07 Å². The predicted molar refractivity (Wildman–Crippen MR) is 83.5 cm³/mol. The average molecular weight is 281 g/mol. The molecule has 0 unspecified atom stereocenters. The van der Waals surface area contributed by atoms with Crippen LogP contribution >= 0.6 is 11.3 Å². The third kappa shape index (κ3) is 1.70. The predicted octanol–water partition coefficient (Wildman–Crippen LogP) is 4.52. The molecule has 2 heterocycles. The van der Waals surface area contributed by atoms with Crippen LogP contribution < -0.4 is 4.74 Å². The minimum Gasteiger partial charge on any atom is -0.497 e. The number of benzene rings is 1. The summed E-state index contributed by atoms with van der Waals surface area (Å²) in [5, 5.41) is 2.14. The van der Waals surface area contributed by atoms with Gasteiger partial charge in [-0.05, 0) is 53.6 Å². The molecule has 4 rings (SSSR count). The van der Waals surface area contributed by atoms with E-state index in [0.29, 0.717) is 0 Å². The topological polar surface area (TPSA) is 25.0 Å². The van der Waals surface area contributed by atoms with Crippen LogP contribution in [-0.4, -0.2) is 12.1 Å². The number of nitrogens with one attached hydrogen (secondary N) is 1.